The number of hydrogen-bond acceptors (Lipinski definition) is 6. The minimum atomic E-state index is -3.74. The van der Waals surface area contributed by atoms with E-state index in [1.165, 1.54) is 39.7 Å². The van der Waals surface area contributed by atoms with Gasteiger partial charge in [0.05, 0.1) is 32.4 Å². The summed E-state index contributed by atoms with van der Waals surface area (Å²) in [6.45, 7) is 0. The van der Waals surface area contributed by atoms with Crippen molar-refractivity contribution < 1.29 is 22.6 Å². The SMILES string of the molecule is COc1ccc(S(=O)(=O)N/N=C/c2ccc(OC)c(OC)c2)cc1. The van der Waals surface area contributed by atoms with Crippen LogP contribution in [0, 0.1) is 0 Å². The lowest BCUT2D eigenvalue weighted by Gasteiger charge is -2.07. The lowest BCUT2D eigenvalue weighted by molar-refractivity contribution is 0.355. The Morgan fingerprint density at radius 3 is 2.17 bits per heavy atom. The topological polar surface area (TPSA) is 86.2 Å². The van der Waals surface area contributed by atoms with Crippen LogP contribution >= 0.6 is 0 Å². The van der Waals surface area contributed by atoms with Crippen LogP contribution in [-0.2, 0) is 10.0 Å². The van der Waals surface area contributed by atoms with Gasteiger partial charge in [-0.3, -0.25) is 0 Å². The third kappa shape index (κ3) is 4.17. The van der Waals surface area contributed by atoms with Crippen molar-refractivity contribution in [1.29, 1.82) is 0 Å². The first-order chi connectivity index (χ1) is 11.5. The fourth-order valence-electron chi connectivity index (χ4n) is 1.91. The van der Waals surface area contributed by atoms with E-state index in [2.05, 4.69) is 9.93 Å². The average Bonchev–Trinajstić information content (AvgIpc) is 2.61. The molecule has 0 saturated heterocycles. The van der Waals surface area contributed by atoms with E-state index in [1.807, 2.05) is 0 Å². The van der Waals surface area contributed by atoms with Gasteiger partial charge in [-0.2, -0.15) is 13.5 Å². The van der Waals surface area contributed by atoms with E-state index in [0.29, 0.717) is 22.8 Å². The van der Waals surface area contributed by atoms with Crippen LogP contribution in [0.4, 0.5) is 0 Å². The molecular weight excluding hydrogens is 332 g/mol. The Morgan fingerprint density at radius 2 is 1.58 bits per heavy atom. The maximum Gasteiger partial charge on any atom is 0.276 e. The molecule has 0 aromatic heterocycles. The molecular formula is C16H18N2O5S. The molecule has 0 amide bonds. The number of ether oxygens (including phenoxy) is 3. The predicted octanol–water partition coefficient (Wildman–Crippen LogP) is 2.02. The molecule has 0 saturated carbocycles. The van der Waals surface area contributed by atoms with Crippen LogP contribution in [0.5, 0.6) is 17.2 Å². The summed E-state index contributed by atoms with van der Waals surface area (Å²) in [5, 5.41) is 3.77. The second-order valence-corrected chi connectivity index (χ2v) is 6.30. The molecule has 24 heavy (non-hydrogen) atoms. The van der Waals surface area contributed by atoms with Crippen molar-refractivity contribution in [2.24, 2.45) is 5.10 Å². The third-order valence-corrected chi connectivity index (χ3v) is 4.40. The Balaban J connectivity index is 2.12. The lowest BCUT2D eigenvalue weighted by atomic mass is 10.2. The largest absolute Gasteiger partial charge is 0.497 e. The smallest absolute Gasteiger partial charge is 0.276 e. The Labute approximate surface area is 140 Å². The Hall–Kier alpha value is -2.74. The van der Waals surface area contributed by atoms with Crippen LogP contribution < -0.4 is 19.0 Å². The molecule has 0 radical (unpaired) electrons. The summed E-state index contributed by atoms with van der Waals surface area (Å²) in [5.74, 6) is 1.68. The van der Waals surface area contributed by atoms with Gasteiger partial charge in [-0.05, 0) is 48.0 Å². The Kier molecular flexibility index (Phi) is 5.64. The summed E-state index contributed by atoms with van der Waals surface area (Å²) < 4.78 is 39.6. The molecule has 0 aliphatic rings. The summed E-state index contributed by atoms with van der Waals surface area (Å²) in [6.07, 6.45) is 1.38. The number of methoxy groups -OCH3 is 3. The number of nitrogens with one attached hydrogen (secondary N) is 1. The highest BCUT2D eigenvalue weighted by Gasteiger charge is 2.12. The zero-order valence-electron chi connectivity index (χ0n) is 13.5. The van der Waals surface area contributed by atoms with Crippen molar-refractivity contribution in [3.05, 3.63) is 48.0 Å². The van der Waals surface area contributed by atoms with Crippen LogP contribution in [0.1, 0.15) is 5.56 Å². The summed E-state index contributed by atoms with van der Waals surface area (Å²) in [4.78, 5) is 2.25. The maximum absolute atomic E-state index is 12.1. The standard InChI is InChI=1S/C16H18N2O5S/c1-21-13-5-7-14(8-6-13)24(19,20)18-17-11-12-4-9-15(22-2)16(10-12)23-3/h4-11,18H,1-3H3/b17-11+. The van der Waals surface area contributed by atoms with Crippen LogP contribution in [0.3, 0.4) is 0 Å². The molecule has 0 atom stereocenters. The van der Waals surface area contributed by atoms with E-state index in [1.54, 1.807) is 30.3 Å². The van der Waals surface area contributed by atoms with Gasteiger partial charge in [0.2, 0.25) is 0 Å². The van der Waals surface area contributed by atoms with Crippen molar-refractivity contribution in [3.8, 4) is 17.2 Å². The fraction of sp³-hybridized carbons (Fsp3) is 0.188. The monoisotopic (exact) mass is 350 g/mol. The molecule has 0 aliphatic carbocycles. The number of benzene rings is 2. The van der Waals surface area contributed by atoms with Crippen molar-refractivity contribution in [1.82, 2.24) is 4.83 Å². The summed E-state index contributed by atoms with van der Waals surface area (Å²) in [7, 11) is 0.821. The van der Waals surface area contributed by atoms with E-state index >= 15 is 0 Å². The third-order valence-electron chi connectivity index (χ3n) is 3.16. The molecule has 2 aromatic rings. The molecule has 1 N–H and O–H groups in total. The van der Waals surface area contributed by atoms with Gasteiger partial charge < -0.3 is 14.2 Å². The fourth-order valence-corrected chi connectivity index (χ4v) is 2.70. The van der Waals surface area contributed by atoms with Gasteiger partial charge in [-0.25, -0.2) is 4.83 Å². The predicted molar refractivity (Wildman–Crippen MR) is 90.5 cm³/mol. The number of nitrogens with zero attached hydrogens (tertiary/aromatic N) is 1. The molecule has 7 nitrogen and oxygen atoms in total. The van der Waals surface area contributed by atoms with Crippen molar-refractivity contribution in [2.75, 3.05) is 21.3 Å². The minimum absolute atomic E-state index is 0.0905. The van der Waals surface area contributed by atoms with Gasteiger partial charge in [0.15, 0.2) is 11.5 Å². The number of sulfonamides is 1. The van der Waals surface area contributed by atoms with Gasteiger partial charge in [0.1, 0.15) is 5.75 Å². The molecule has 0 aliphatic heterocycles. The summed E-state index contributed by atoms with van der Waals surface area (Å²) in [6, 6.07) is 11.1. The molecule has 0 spiro atoms. The average molecular weight is 350 g/mol. The van der Waals surface area contributed by atoms with E-state index in [-0.39, 0.29) is 4.90 Å². The molecule has 0 fully saturated rings. The Morgan fingerprint density at radius 1 is 0.917 bits per heavy atom. The van der Waals surface area contributed by atoms with Gasteiger partial charge in [-0.1, -0.05) is 0 Å². The minimum Gasteiger partial charge on any atom is -0.497 e. The Bertz CT molecular complexity index is 817. The lowest BCUT2D eigenvalue weighted by Crippen LogP contribution is -2.18. The molecule has 128 valence electrons. The molecule has 2 rings (SSSR count). The van der Waals surface area contributed by atoms with Crippen molar-refractivity contribution >= 4 is 16.2 Å². The zero-order valence-corrected chi connectivity index (χ0v) is 14.3. The molecule has 0 heterocycles. The quantitative estimate of drug-likeness (QED) is 0.610. The van der Waals surface area contributed by atoms with Gasteiger partial charge >= 0.3 is 0 Å². The van der Waals surface area contributed by atoms with Gasteiger partial charge in [0, 0.05) is 0 Å². The first-order valence-electron chi connectivity index (χ1n) is 6.91. The first kappa shape index (κ1) is 17.6. The molecule has 0 unspecified atom stereocenters. The second-order valence-electron chi connectivity index (χ2n) is 4.64. The number of hydrazone groups is 1. The van der Waals surface area contributed by atoms with Crippen molar-refractivity contribution in [2.45, 2.75) is 4.90 Å². The van der Waals surface area contributed by atoms with E-state index < -0.39 is 10.0 Å². The van der Waals surface area contributed by atoms with Gasteiger partial charge in [0.25, 0.3) is 10.0 Å². The number of rotatable bonds is 7. The zero-order chi connectivity index (χ0) is 17.6. The highest BCUT2D eigenvalue weighted by molar-refractivity contribution is 7.89. The molecule has 0 bridgehead atoms. The highest BCUT2D eigenvalue weighted by Crippen LogP contribution is 2.26. The summed E-state index contributed by atoms with van der Waals surface area (Å²) in [5.41, 5.74) is 0.657. The van der Waals surface area contributed by atoms with Crippen LogP contribution in [-0.4, -0.2) is 36.0 Å². The number of hydrogen-bond donors (Lipinski definition) is 1. The van der Waals surface area contributed by atoms with E-state index in [4.69, 9.17) is 14.2 Å². The van der Waals surface area contributed by atoms with Crippen LogP contribution in [0.15, 0.2) is 52.5 Å². The molecule has 8 heteroatoms. The van der Waals surface area contributed by atoms with Gasteiger partial charge in [-0.15, -0.1) is 0 Å². The van der Waals surface area contributed by atoms with E-state index in [0.717, 1.165) is 0 Å². The maximum atomic E-state index is 12.1. The van der Waals surface area contributed by atoms with Crippen LogP contribution in [0.25, 0.3) is 0 Å². The van der Waals surface area contributed by atoms with E-state index in [9.17, 15) is 8.42 Å². The second kappa shape index (κ2) is 7.69. The summed E-state index contributed by atoms with van der Waals surface area (Å²) >= 11 is 0. The normalized spacial score (nSPS) is 11.3. The first-order valence-corrected chi connectivity index (χ1v) is 8.39. The highest BCUT2D eigenvalue weighted by atomic mass is 32.2. The van der Waals surface area contributed by atoms with Crippen LogP contribution in [0.2, 0.25) is 0 Å². The van der Waals surface area contributed by atoms with Crippen molar-refractivity contribution in [3.63, 3.8) is 0 Å². The molecule has 2 aromatic carbocycles.